The lowest BCUT2D eigenvalue weighted by Gasteiger charge is -2.13. The van der Waals surface area contributed by atoms with Crippen LogP contribution in [0.2, 0.25) is 0 Å². The van der Waals surface area contributed by atoms with Gasteiger partial charge in [-0.05, 0) is 44.2 Å². The molecule has 0 aromatic heterocycles. The monoisotopic (exact) mass is 418 g/mol. The quantitative estimate of drug-likeness (QED) is 0.575. The highest BCUT2D eigenvalue weighted by atomic mass is 19.1. The van der Waals surface area contributed by atoms with E-state index in [4.69, 9.17) is 14.2 Å². The molecule has 0 saturated carbocycles. The third-order valence-corrected chi connectivity index (χ3v) is 3.67. The molecule has 8 nitrogen and oxygen atoms in total. The Morgan fingerprint density at radius 2 is 1.70 bits per heavy atom. The van der Waals surface area contributed by atoms with Crippen LogP contribution in [0.5, 0.6) is 11.5 Å². The summed E-state index contributed by atoms with van der Waals surface area (Å²) >= 11 is 0. The number of benzene rings is 2. The molecule has 0 aliphatic rings. The Bertz CT molecular complexity index is 903. The number of nitrogens with one attached hydrogen (secondary N) is 2. The molecule has 0 atom stereocenters. The molecule has 2 rings (SSSR count). The Morgan fingerprint density at radius 3 is 2.40 bits per heavy atom. The third-order valence-electron chi connectivity index (χ3n) is 3.67. The minimum atomic E-state index is -0.809. The maximum Gasteiger partial charge on any atom is 0.325 e. The van der Waals surface area contributed by atoms with E-state index in [1.807, 2.05) is 13.8 Å². The molecule has 2 aromatic rings. The minimum absolute atomic E-state index is 0.0705. The highest BCUT2D eigenvalue weighted by Gasteiger charge is 2.13. The molecule has 0 aliphatic carbocycles. The molecule has 0 heterocycles. The van der Waals surface area contributed by atoms with Gasteiger partial charge in [-0.2, -0.15) is 0 Å². The average Bonchev–Trinajstić information content (AvgIpc) is 2.72. The van der Waals surface area contributed by atoms with E-state index in [1.165, 1.54) is 18.2 Å². The van der Waals surface area contributed by atoms with E-state index in [9.17, 15) is 18.8 Å². The van der Waals surface area contributed by atoms with Crippen molar-refractivity contribution in [1.82, 2.24) is 5.32 Å². The van der Waals surface area contributed by atoms with Crippen molar-refractivity contribution in [2.75, 3.05) is 31.7 Å². The number of hydrogen-bond donors (Lipinski definition) is 2. The number of hydrogen-bond acceptors (Lipinski definition) is 6. The van der Waals surface area contributed by atoms with Gasteiger partial charge in [-0.15, -0.1) is 0 Å². The van der Waals surface area contributed by atoms with E-state index in [-0.39, 0.29) is 5.56 Å². The largest absolute Gasteiger partial charge is 0.490 e. The van der Waals surface area contributed by atoms with Crippen molar-refractivity contribution >= 4 is 23.5 Å². The molecule has 160 valence electrons. The lowest BCUT2D eigenvalue weighted by Crippen LogP contribution is -2.32. The van der Waals surface area contributed by atoms with E-state index in [0.717, 1.165) is 6.07 Å². The van der Waals surface area contributed by atoms with Gasteiger partial charge in [0, 0.05) is 17.3 Å². The van der Waals surface area contributed by atoms with Gasteiger partial charge in [-0.1, -0.05) is 6.07 Å². The number of esters is 1. The number of carbonyl (C=O) groups is 3. The summed E-state index contributed by atoms with van der Waals surface area (Å²) in [5.41, 5.74) is 0.517. The molecule has 0 aliphatic heterocycles. The summed E-state index contributed by atoms with van der Waals surface area (Å²) in [6.07, 6.45) is 0. The highest BCUT2D eigenvalue weighted by molar-refractivity contribution is 5.96. The average molecular weight is 418 g/mol. The molecule has 9 heteroatoms. The molecule has 2 aromatic carbocycles. The molecule has 0 unspecified atom stereocenters. The fraction of sp³-hybridized carbons (Fsp3) is 0.286. The van der Waals surface area contributed by atoms with Crippen molar-refractivity contribution in [3.05, 3.63) is 53.8 Å². The number of rotatable bonds is 10. The summed E-state index contributed by atoms with van der Waals surface area (Å²) in [6, 6.07) is 9.93. The second kappa shape index (κ2) is 11.4. The molecule has 2 N–H and O–H groups in total. The second-order valence-electron chi connectivity index (χ2n) is 5.93. The van der Waals surface area contributed by atoms with E-state index < -0.39 is 36.8 Å². The summed E-state index contributed by atoms with van der Waals surface area (Å²) in [6.45, 7) is 3.58. The van der Waals surface area contributed by atoms with Gasteiger partial charge in [-0.25, -0.2) is 4.39 Å². The van der Waals surface area contributed by atoms with Crippen LogP contribution in [0.15, 0.2) is 42.5 Å². The van der Waals surface area contributed by atoms with E-state index in [0.29, 0.717) is 30.4 Å². The molecule has 30 heavy (non-hydrogen) atoms. The first-order valence-corrected chi connectivity index (χ1v) is 9.31. The van der Waals surface area contributed by atoms with Crippen LogP contribution in [0.1, 0.15) is 24.2 Å². The maximum atomic E-state index is 13.1. The molecule has 0 spiro atoms. The van der Waals surface area contributed by atoms with Crippen molar-refractivity contribution in [3.8, 4) is 11.5 Å². The van der Waals surface area contributed by atoms with E-state index in [2.05, 4.69) is 10.6 Å². The summed E-state index contributed by atoms with van der Waals surface area (Å²) in [7, 11) is 0. The predicted molar refractivity (Wildman–Crippen MR) is 107 cm³/mol. The van der Waals surface area contributed by atoms with Crippen molar-refractivity contribution in [3.63, 3.8) is 0 Å². The number of anilines is 1. The van der Waals surface area contributed by atoms with Crippen LogP contribution in [0.3, 0.4) is 0 Å². The predicted octanol–water partition coefficient (Wildman–Crippen LogP) is 2.53. The summed E-state index contributed by atoms with van der Waals surface area (Å²) < 4.78 is 28.9. The zero-order valence-corrected chi connectivity index (χ0v) is 16.7. The van der Waals surface area contributed by atoms with Crippen molar-refractivity contribution in [1.29, 1.82) is 0 Å². The van der Waals surface area contributed by atoms with E-state index in [1.54, 1.807) is 18.2 Å². The second-order valence-corrected chi connectivity index (χ2v) is 5.93. The molecule has 0 saturated heterocycles. The van der Waals surface area contributed by atoms with Crippen LogP contribution in [0, 0.1) is 5.82 Å². The summed E-state index contributed by atoms with van der Waals surface area (Å²) in [4.78, 5) is 35.6. The maximum absolute atomic E-state index is 13.1. The molecule has 0 radical (unpaired) electrons. The first-order chi connectivity index (χ1) is 14.4. The van der Waals surface area contributed by atoms with Crippen LogP contribution in [-0.2, 0) is 14.3 Å². The standard InChI is InChI=1S/C21H23FN2O6/c1-3-28-17-9-8-16(11-18(17)29-4-2)24-19(25)13-30-20(26)12-23-21(27)14-6-5-7-15(22)10-14/h5-11H,3-4,12-13H2,1-2H3,(H,23,27)(H,24,25). The van der Waals surface area contributed by atoms with Crippen LogP contribution >= 0.6 is 0 Å². The highest BCUT2D eigenvalue weighted by Crippen LogP contribution is 2.30. The number of amides is 2. The lowest BCUT2D eigenvalue weighted by atomic mass is 10.2. The molecule has 0 fully saturated rings. The Morgan fingerprint density at radius 1 is 0.967 bits per heavy atom. The van der Waals surface area contributed by atoms with Crippen LogP contribution in [0.4, 0.5) is 10.1 Å². The van der Waals surface area contributed by atoms with Crippen molar-refractivity contribution in [2.24, 2.45) is 0 Å². The Hall–Kier alpha value is -3.62. The zero-order valence-electron chi connectivity index (χ0n) is 16.7. The fourth-order valence-electron chi connectivity index (χ4n) is 2.41. The fourth-order valence-corrected chi connectivity index (χ4v) is 2.41. The number of carbonyl (C=O) groups excluding carboxylic acids is 3. The van der Waals surface area contributed by atoms with E-state index >= 15 is 0 Å². The van der Waals surface area contributed by atoms with Gasteiger partial charge in [0.25, 0.3) is 11.8 Å². The first kappa shape index (κ1) is 22.7. The Kier molecular flexibility index (Phi) is 8.61. The number of halogens is 1. The minimum Gasteiger partial charge on any atom is -0.490 e. The van der Waals surface area contributed by atoms with Gasteiger partial charge in [0.15, 0.2) is 18.1 Å². The number of ether oxygens (including phenoxy) is 3. The van der Waals surface area contributed by atoms with Gasteiger partial charge in [-0.3, -0.25) is 14.4 Å². The third kappa shape index (κ3) is 7.08. The molecule has 0 bridgehead atoms. The molecular weight excluding hydrogens is 395 g/mol. The zero-order chi connectivity index (χ0) is 21.9. The SMILES string of the molecule is CCOc1ccc(NC(=O)COC(=O)CNC(=O)c2cccc(F)c2)cc1OCC. The molecule has 2 amide bonds. The smallest absolute Gasteiger partial charge is 0.325 e. The van der Waals surface area contributed by atoms with Crippen molar-refractivity contribution < 1.29 is 33.0 Å². The summed E-state index contributed by atoms with van der Waals surface area (Å²) in [5, 5.41) is 4.88. The Labute approximate surface area is 173 Å². The normalized spacial score (nSPS) is 10.1. The van der Waals surface area contributed by atoms with Crippen LogP contribution in [-0.4, -0.2) is 44.1 Å². The van der Waals surface area contributed by atoms with Gasteiger partial charge in [0.05, 0.1) is 13.2 Å². The summed E-state index contributed by atoms with van der Waals surface area (Å²) in [5.74, 6) is -1.53. The van der Waals surface area contributed by atoms with Crippen LogP contribution < -0.4 is 20.1 Å². The van der Waals surface area contributed by atoms with Gasteiger partial charge in [0.2, 0.25) is 0 Å². The Balaban J connectivity index is 1.80. The van der Waals surface area contributed by atoms with Crippen LogP contribution in [0.25, 0.3) is 0 Å². The van der Waals surface area contributed by atoms with Gasteiger partial charge < -0.3 is 24.8 Å². The molecular formula is C21H23FN2O6. The van der Waals surface area contributed by atoms with Crippen molar-refractivity contribution in [2.45, 2.75) is 13.8 Å². The topological polar surface area (TPSA) is 103 Å². The van der Waals surface area contributed by atoms with Gasteiger partial charge in [0.1, 0.15) is 12.4 Å². The van der Waals surface area contributed by atoms with Gasteiger partial charge >= 0.3 is 5.97 Å². The first-order valence-electron chi connectivity index (χ1n) is 9.31. The lowest BCUT2D eigenvalue weighted by molar-refractivity contribution is -0.146.